The van der Waals surface area contributed by atoms with Gasteiger partial charge in [-0.3, -0.25) is 4.79 Å². The Bertz CT molecular complexity index is 805. The van der Waals surface area contributed by atoms with Crippen LogP contribution in [0.1, 0.15) is 0 Å². The molecule has 2 aromatic heterocycles. The van der Waals surface area contributed by atoms with Gasteiger partial charge in [0.05, 0.1) is 16.1 Å². The van der Waals surface area contributed by atoms with Gasteiger partial charge in [-0.05, 0) is 52.2 Å². The number of rotatable bonds is 4. The Kier molecular flexibility index (Phi) is 4.41. The molecule has 0 aliphatic carbocycles. The van der Waals surface area contributed by atoms with Crippen LogP contribution in [0.4, 0.5) is 0 Å². The Balaban J connectivity index is 2.15. The summed E-state index contributed by atoms with van der Waals surface area (Å²) in [5.74, 6) is 0.544. The molecule has 0 aliphatic rings. The Labute approximate surface area is 143 Å². The SMILES string of the molecule is NC(=O)CSc1nc(-c2cccs2)nc2ccc(I)cc12. The maximum Gasteiger partial charge on any atom is 0.227 e. The first-order chi connectivity index (χ1) is 10.1. The molecule has 3 rings (SSSR count). The van der Waals surface area contributed by atoms with Crippen molar-refractivity contribution in [3.8, 4) is 10.7 Å². The van der Waals surface area contributed by atoms with Gasteiger partial charge in [-0.1, -0.05) is 17.8 Å². The lowest BCUT2D eigenvalue weighted by Gasteiger charge is -2.07. The highest BCUT2D eigenvalue weighted by Crippen LogP contribution is 2.30. The number of amides is 1. The van der Waals surface area contributed by atoms with Crippen LogP contribution in [0.25, 0.3) is 21.6 Å². The lowest BCUT2D eigenvalue weighted by Crippen LogP contribution is -2.13. The third kappa shape index (κ3) is 3.35. The van der Waals surface area contributed by atoms with E-state index in [2.05, 4.69) is 32.6 Å². The summed E-state index contributed by atoms with van der Waals surface area (Å²) < 4.78 is 1.11. The van der Waals surface area contributed by atoms with Gasteiger partial charge in [0.1, 0.15) is 5.03 Å². The molecule has 0 saturated carbocycles. The number of aromatic nitrogens is 2. The fourth-order valence-electron chi connectivity index (χ4n) is 1.84. The lowest BCUT2D eigenvalue weighted by molar-refractivity contribution is -0.115. The van der Waals surface area contributed by atoms with Gasteiger partial charge in [0, 0.05) is 8.96 Å². The molecule has 0 aliphatic heterocycles. The van der Waals surface area contributed by atoms with Gasteiger partial charge in [-0.25, -0.2) is 9.97 Å². The Hall–Kier alpha value is -1.19. The molecule has 21 heavy (non-hydrogen) atoms. The summed E-state index contributed by atoms with van der Waals surface area (Å²) in [6, 6.07) is 9.97. The first kappa shape index (κ1) is 14.7. The lowest BCUT2D eigenvalue weighted by atomic mass is 10.2. The zero-order valence-corrected chi connectivity index (χ0v) is 14.5. The molecule has 0 bridgehead atoms. The number of thiophene rings is 1. The van der Waals surface area contributed by atoms with E-state index >= 15 is 0 Å². The molecular formula is C14H10IN3OS2. The summed E-state index contributed by atoms with van der Waals surface area (Å²) in [5, 5.41) is 3.74. The van der Waals surface area contributed by atoms with E-state index in [4.69, 9.17) is 5.73 Å². The molecule has 0 saturated heterocycles. The predicted octanol–water partition coefficient (Wildman–Crippen LogP) is 3.54. The molecule has 1 amide bonds. The number of carbonyl (C=O) groups is 1. The van der Waals surface area contributed by atoms with E-state index in [-0.39, 0.29) is 11.7 Å². The van der Waals surface area contributed by atoms with Gasteiger partial charge >= 0.3 is 0 Å². The van der Waals surface area contributed by atoms with E-state index in [1.807, 2.05) is 35.7 Å². The summed E-state index contributed by atoms with van der Waals surface area (Å²) in [7, 11) is 0. The van der Waals surface area contributed by atoms with Gasteiger partial charge < -0.3 is 5.73 Å². The molecular weight excluding hydrogens is 417 g/mol. The van der Waals surface area contributed by atoms with Crippen molar-refractivity contribution in [1.82, 2.24) is 9.97 Å². The predicted molar refractivity (Wildman–Crippen MR) is 95.5 cm³/mol. The molecule has 2 heterocycles. The van der Waals surface area contributed by atoms with Crippen molar-refractivity contribution < 1.29 is 4.79 Å². The van der Waals surface area contributed by atoms with Crippen molar-refractivity contribution >= 4 is 62.5 Å². The topological polar surface area (TPSA) is 68.9 Å². The first-order valence-corrected chi connectivity index (χ1v) is 9.00. The largest absolute Gasteiger partial charge is 0.369 e. The van der Waals surface area contributed by atoms with Crippen LogP contribution < -0.4 is 5.73 Å². The minimum Gasteiger partial charge on any atom is -0.369 e. The first-order valence-electron chi connectivity index (χ1n) is 6.06. The van der Waals surface area contributed by atoms with E-state index < -0.39 is 0 Å². The number of nitrogens with zero attached hydrogens (tertiary/aromatic N) is 2. The van der Waals surface area contributed by atoms with Crippen LogP contribution in [-0.2, 0) is 4.79 Å². The van der Waals surface area contributed by atoms with Crippen LogP contribution >= 0.6 is 45.7 Å². The van der Waals surface area contributed by atoms with Crippen LogP contribution in [0, 0.1) is 3.57 Å². The molecule has 106 valence electrons. The van der Waals surface area contributed by atoms with E-state index in [0.29, 0.717) is 5.82 Å². The van der Waals surface area contributed by atoms with Gasteiger partial charge in [-0.2, -0.15) is 0 Å². The number of halogens is 1. The van der Waals surface area contributed by atoms with Crippen molar-refractivity contribution in [2.24, 2.45) is 5.73 Å². The van der Waals surface area contributed by atoms with Crippen molar-refractivity contribution in [3.05, 3.63) is 39.3 Å². The Morgan fingerprint density at radius 1 is 1.33 bits per heavy atom. The highest BCUT2D eigenvalue weighted by atomic mass is 127. The van der Waals surface area contributed by atoms with Gasteiger partial charge in [-0.15, -0.1) is 11.3 Å². The molecule has 4 nitrogen and oxygen atoms in total. The zero-order valence-electron chi connectivity index (χ0n) is 10.7. The van der Waals surface area contributed by atoms with Crippen molar-refractivity contribution in [3.63, 3.8) is 0 Å². The summed E-state index contributed by atoms with van der Waals surface area (Å²) in [6.45, 7) is 0. The van der Waals surface area contributed by atoms with Crippen LogP contribution in [0.15, 0.2) is 40.7 Å². The summed E-state index contributed by atoms with van der Waals surface area (Å²) >= 11 is 5.20. The summed E-state index contributed by atoms with van der Waals surface area (Å²) in [5.41, 5.74) is 6.12. The number of nitrogens with two attached hydrogens (primary N) is 1. The van der Waals surface area contributed by atoms with Gasteiger partial charge in [0.25, 0.3) is 0 Å². The molecule has 1 aromatic carbocycles. The number of carbonyl (C=O) groups excluding carboxylic acids is 1. The minimum atomic E-state index is -0.352. The third-order valence-corrected chi connectivity index (χ3v) is 5.27. The van der Waals surface area contributed by atoms with Crippen molar-refractivity contribution in [1.29, 1.82) is 0 Å². The van der Waals surface area contributed by atoms with Gasteiger partial charge in [0.2, 0.25) is 5.91 Å². The van der Waals surface area contributed by atoms with Crippen LogP contribution in [0.3, 0.4) is 0 Å². The van der Waals surface area contributed by atoms with Crippen LogP contribution in [-0.4, -0.2) is 21.6 Å². The second kappa shape index (κ2) is 6.29. The molecule has 2 N–H and O–H groups in total. The number of hydrogen-bond acceptors (Lipinski definition) is 5. The molecule has 0 radical (unpaired) electrons. The highest BCUT2D eigenvalue weighted by Gasteiger charge is 2.12. The second-order valence-electron chi connectivity index (χ2n) is 4.25. The van der Waals surface area contributed by atoms with Crippen LogP contribution in [0.2, 0.25) is 0 Å². The molecule has 3 aromatic rings. The van der Waals surface area contributed by atoms with Crippen LogP contribution in [0.5, 0.6) is 0 Å². The minimum absolute atomic E-state index is 0.210. The third-order valence-electron chi connectivity index (χ3n) is 2.72. The standard InChI is InChI=1S/C14H10IN3OS2/c15-8-3-4-10-9(6-8)14(21-7-12(16)19)18-13(17-10)11-2-1-5-20-11/h1-6H,7H2,(H2,16,19). The normalized spacial score (nSPS) is 10.9. The Morgan fingerprint density at radius 3 is 2.90 bits per heavy atom. The summed E-state index contributed by atoms with van der Waals surface area (Å²) in [4.78, 5) is 21.3. The number of primary amides is 1. The van der Waals surface area contributed by atoms with Gasteiger partial charge in [0.15, 0.2) is 5.82 Å². The smallest absolute Gasteiger partial charge is 0.227 e. The second-order valence-corrected chi connectivity index (χ2v) is 7.40. The molecule has 0 atom stereocenters. The monoisotopic (exact) mass is 427 g/mol. The number of benzene rings is 1. The average Bonchev–Trinajstić information content (AvgIpc) is 2.98. The van der Waals surface area contributed by atoms with E-state index in [1.165, 1.54) is 11.8 Å². The molecule has 0 unspecified atom stereocenters. The zero-order chi connectivity index (χ0) is 14.8. The fraction of sp³-hybridized carbons (Fsp3) is 0.0714. The maximum atomic E-state index is 11.0. The quantitative estimate of drug-likeness (QED) is 0.393. The van der Waals surface area contributed by atoms with E-state index in [9.17, 15) is 4.79 Å². The molecule has 0 fully saturated rings. The summed E-state index contributed by atoms with van der Waals surface area (Å²) in [6.07, 6.45) is 0. The maximum absolute atomic E-state index is 11.0. The highest BCUT2D eigenvalue weighted by molar-refractivity contribution is 14.1. The average molecular weight is 427 g/mol. The van der Waals surface area contributed by atoms with Crippen molar-refractivity contribution in [2.75, 3.05) is 5.75 Å². The van der Waals surface area contributed by atoms with Crippen molar-refractivity contribution in [2.45, 2.75) is 5.03 Å². The van der Waals surface area contributed by atoms with E-state index in [1.54, 1.807) is 11.3 Å². The number of fused-ring (bicyclic) bond motifs is 1. The van der Waals surface area contributed by atoms with E-state index in [0.717, 1.165) is 24.4 Å². The number of thioether (sulfide) groups is 1. The fourth-order valence-corrected chi connectivity index (χ4v) is 3.74. The molecule has 7 heteroatoms. The number of hydrogen-bond donors (Lipinski definition) is 1. The Morgan fingerprint density at radius 2 is 2.19 bits per heavy atom. The molecule has 0 spiro atoms.